The van der Waals surface area contributed by atoms with Crippen LogP contribution in [0.25, 0.3) is 10.6 Å². The van der Waals surface area contributed by atoms with Gasteiger partial charge < -0.3 is 24.6 Å². The van der Waals surface area contributed by atoms with Gasteiger partial charge in [0.2, 0.25) is 0 Å². The summed E-state index contributed by atoms with van der Waals surface area (Å²) >= 11 is 0.593. The van der Waals surface area contributed by atoms with Gasteiger partial charge in [0.25, 0.3) is 5.91 Å². The molecular formula is C30H36F5N7O5S. The number of hydrogen-bond acceptors (Lipinski definition) is 9. The van der Waals surface area contributed by atoms with Crippen molar-refractivity contribution in [2.75, 3.05) is 35.2 Å². The van der Waals surface area contributed by atoms with E-state index in [1.54, 1.807) is 53.4 Å². The van der Waals surface area contributed by atoms with E-state index in [9.17, 15) is 36.3 Å². The summed E-state index contributed by atoms with van der Waals surface area (Å²) in [6, 6.07) is 2.62. The van der Waals surface area contributed by atoms with Crippen LogP contribution in [0.5, 0.6) is 0 Å². The Bertz CT molecular complexity index is 1660. The predicted octanol–water partition coefficient (Wildman–Crippen LogP) is 6.89. The topological polar surface area (TPSA) is 131 Å². The van der Waals surface area contributed by atoms with Crippen molar-refractivity contribution >= 4 is 45.9 Å². The van der Waals surface area contributed by atoms with Gasteiger partial charge in [0, 0.05) is 25.7 Å². The lowest BCUT2D eigenvalue weighted by atomic mass is 10.2. The zero-order valence-corrected chi connectivity index (χ0v) is 28.1. The summed E-state index contributed by atoms with van der Waals surface area (Å²) < 4.78 is 81.5. The molecule has 0 unspecified atom stereocenters. The molecule has 1 saturated heterocycles. The first-order valence-corrected chi connectivity index (χ1v) is 15.6. The Morgan fingerprint density at radius 2 is 1.60 bits per heavy atom. The Balaban J connectivity index is 1.69. The SMILES string of the molecule is C[C@@H]1CN(c2c(NC(=O)c3nc(-c4c(F)cccc4F)sc3NC(=O)OC(C)(C)C)cnn2CC(F)(F)F)CCN1C(=O)OC(C)(C)C. The number of benzene rings is 1. The number of amides is 3. The highest BCUT2D eigenvalue weighted by Crippen LogP contribution is 2.37. The quantitative estimate of drug-likeness (QED) is 0.266. The zero-order valence-electron chi connectivity index (χ0n) is 27.3. The molecule has 0 aliphatic carbocycles. The van der Waals surface area contributed by atoms with Crippen LogP contribution in [0.4, 0.5) is 48.0 Å². The van der Waals surface area contributed by atoms with Crippen molar-refractivity contribution in [2.45, 2.75) is 78.4 Å². The van der Waals surface area contributed by atoms with Crippen LogP contribution < -0.4 is 15.5 Å². The fourth-order valence-corrected chi connectivity index (χ4v) is 5.77. The summed E-state index contributed by atoms with van der Waals surface area (Å²) in [7, 11) is 0. The van der Waals surface area contributed by atoms with Crippen molar-refractivity contribution in [2.24, 2.45) is 0 Å². The number of alkyl halides is 3. The molecule has 0 spiro atoms. The van der Waals surface area contributed by atoms with Crippen LogP contribution in [-0.2, 0) is 16.0 Å². The maximum atomic E-state index is 14.7. The van der Waals surface area contributed by atoms with Crippen molar-refractivity contribution in [3.05, 3.63) is 41.7 Å². The third-order valence-corrected chi connectivity index (χ3v) is 7.57. The average molecular weight is 702 g/mol. The van der Waals surface area contributed by atoms with Crippen molar-refractivity contribution in [3.8, 4) is 10.6 Å². The molecule has 262 valence electrons. The molecule has 1 atom stereocenters. The molecule has 0 saturated carbocycles. The third-order valence-electron chi connectivity index (χ3n) is 6.58. The number of halogens is 5. The van der Waals surface area contributed by atoms with Crippen LogP contribution in [0.3, 0.4) is 0 Å². The normalized spacial score (nSPS) is 15.7. The second kappa shape index (κ2) is 13.6. The number of rotatable bonds is 6. The maximum absolute atomic E-state index is 14.7. The standard InChI is InChI=1S/C30H36F5N7O5S/c1-16-14-40(11-12-41(16)27(45)47-29(5,6)7)25-19(13-36-42(25)15-30(33,34)35)37-22(43)21-24(39-26(44)46-28(2,3)4)48-23(38-21)20-17(31)9-8-10-18(20)32/h8-10,13,16H,11-12,14-15H2,1-7H3,(H,37,43)(H,39,44)/t16-/m1/s1. The fourth-order valence-electron chi connectivity index (χ4n) is 4.77. The van der Waals surface area contributed by atoms with Crippen LogP contribution in [0.15, 0.2) is 24.4 Å². The highest BCUT2D eigenvalue weighted by molar-refractivity contribution is 7.19. The minimum Gasteiger partial charge on any atom is -0.444 e. The second-order valence-corrected chi connectivity index (χ2v) is 14.0. The number of nitrogens with zero attached hydrogens (tertiary/aromatic N) is 5. The molecule has 3 amide bonds. The van der Waals surface area contributed by atoms with E-state index in [2.05, 4.69) is 20.7 Å². The largest absolute Gasteiger partial charge is 0.444 e. The molecule has 3 heterocycles. The fraction of sp³-hybridized carbons (Fsp3) is 0.500. The van der Waals surface area contributed by atoms with Gasteiger partial charge in [-0.05, 0) is 60.6 Å². The van der Waals surface area contributed by atoms with Gasteiger partial charge in [0.1, 0.15) is 45.1 Å². The first kappa shape index (κ1) is 36.4. The molecule has 48 heavy (non-hydrogen) atoms. The van der Waals surface area contributed by atoms with E-state index in [0.29, 0.717) is 16.0 Å². The van der Waals surface area contributed by atoms with E-state index < -0.39 is 71.0 Å². The van der Waals surface area contributed by atoms with E-state index in [1.807, 2.05) is 0 Å². The summed E-state index contributed by atoms with van der Waals surface area (Å²) in [6.07, 6.45) is -5.22. The van der Waals surface area contributed by atoms with Gasteiger partial charge in [0.05, 0.1) is 11.8 Å². The number of carbonyl (C=O) groups excluding carboxylic acids is 3. The zero-order chi connectivity index (χ0) is 35.8. The van der Waals surface area contributed by atoms with Gasteiger partial charge in [-0.25, -0.2) is 28.0 Å². The molecule has 0 bridgehead atoms. The molecule has 1 aliphatic heterocycles. The van der Waals surface area contributed by atoms with E-state index in [4.69, 9.17) is 9.47 Å². The van der Waals surface area contributed by atoms with Crippen molar-refractivity contribution in [1.29, 1.82) is 0 Å². The highest BCUT2D eigenvalue weighted by atomic mass is 32.1. The van der Waals surface area contributed by atoms with E-state index in [-0.39, 0.29) is 41.1 Å². The molecule has 0 radical (unpaired) electrons. The molecule has 18 heteroatoms. The van der Waals surface area contributed by atoms with Crippen LogP contribution in [-0.4, -0.2) is 80.8 Å². The molecular weight excluding hydrogens is 665 g/mol. The number of carbonyl (C=O) groups is 3. The summed E-state index contributed by atoms with van der Waals surface area (Å²) in [5, 5.41) is 8.21. The summed E-state index contributed by atoms with van der Waals surface area (Å²) in [5.74, 6) is -3.08. The summed E-state index contributed by atoms with van der Waals surface area (Å²) in [6.45, 7) is 10.4. The minimum absolute atomic E-state index is 0.0600. The smallest absolute Gasteiger partial charge is 0.412 e. The molecule has 12 nitrogen and oxygen atoms in total. The average Bonchev–Trinajstić information content (AvgIpc) is 3.49. The van der Waals surface area contributed by atoms with Crippen LogP contribution in [0.1, 0.15) is 59.0 Å². The number of hydrogen-bond donors (Lipinski definition) is 2. The van der Waals surface area contributed by atoms with Crippen molar-refractivity contribution in [3.63, 3.8) is 0 Å². The van der Waals surface area contributed by atoms with E-state index >= 15 is 0 Å². The summed E-state index contributed by atoms with van der Waals surface area (Å²) in [5.41, 5.74) is -2.88. The van der Waals surface area contributed by atoms with Gasteiger partial charge in [-0.1, -0.05) is 17.4 Å². The molecule has 4 rings (SSSR count). The Kier molecular flexibility index (Phi) is 10.3. The number of aromatic nitrogens is 3. The number of ether oxygens (including phenoxy) is 2. The number of thiazole rings is 1. The molecule has 2 aromatic heterocycles. The molecule has 1 aromatic carbocycles. The lowest BCUT2D eigenvalue weighted by Crippen LogP contribution is -2.55. The monoisotopic (exact) mass is 701 g/mol. The number of anilines is 3. The first-order valence-electron chi connectivity index (χ1n) is 14.8. The molecule has 1 aliphatic rings. The van der Waals surface area contributed by atoms with Crippen LogP contribution in [0.2, 0.25) is 0 Å². The number of nitrogens with one attached hydrogen (secondary N) is 2. The lowest BCUT2D eigenvalue weighted by Gasteiger charge is -2.41. The Hall–Kier alpha value is -4.48. The van der Waals surface area contributed by atoms with Crippen molar-refractivity contribution in [1.82, 2.24) is 19.7 Å². The predicted molar refractivity (Wildman–Crippen MR) is 168 cm³/mol. The lowest BCUT2D eigenvalue weighted by molar-refractivity contribution is -0.142. The molecule has 3 aromatic rings. The maximum Gasteiger partial charge on any atom is 0.412 e. The van der Waals surface area contributed by atoms with E-state index in [1.165, 1.54) is 4.90 Å². The van der Waals surface area contributed by atoms with Gasteiger partial charge in [-0.3, -0.25) is 10.1 Å². The van der Waals surface area contributed by atoms with Gasteiger partial charge in [-0.2, -0.15) is 18.3 Å². The van der Waals surface area contributed by atoms with E-state index in [0.717, 1.165) is 24.4 Å². The first-order chi connectivity index (χ1) is 22.1. The van der Waals surface area contributed by atoms with Gasteiger partial charge in [-0.15, -0.1) is 0 Å². The van der Waals surface area contributed by atoms with Crippen LogP contribution in [0, 0.1) is 11.6 Å². The number of piperazine rings is 1. The third kappa shape index (κ3) is 9.11. The van der Waals surface area contributed by atoms with Crippen molar-refractivity contribution < 1.29 is 45.8 Å². The van der Waals surface area contributed by atoms with Gasteiger partial charge in [0.15, 0.2) is 11.5 Å². The summed E-state index contributed by atoms with van der Waals surface area (Å²) in [4.78, 5) is 46.2. The van der Waals surface area contributed by atoms with Crippen LogP contribution >= 0.6 is 11.3 Å². The Morgan fingerprint density at radius 1 is 0.979 bits per heavy atom. The minimum atomic E-state index is -4.68. The highest BCUT2D eigenvalue weighted by Gasteiger charge is 2.36. The molecule has 1 fully saturated rings. The van der Waals surface area contributed by atoms with Gasteiger partial charge >= 0.3 is 18.4 Å². The Labute approximate surface area is 277 Å². The second-order valence-electron chi connectivity index (χ2n) is 13.0. The molecule has 2 N–H and O–H groups in total. The Morgan fingerprint density at radius 3 is 2.17 bits per heavy atom.